The SMILES string of the molecule is CCCCNC(=O)C(Cc1ccccc1)N(Cc1ccc(Cl)c(Cl)c1)C(=O)COc1ccc(Cl)cc1Br. The zero-order valence-electron chi connectivity index (χ0n) is 20.4. The van der Waals surface area contributed by atoms with Gasteiger partial charge in [0.2, 0.25) is 5.91 Å². The third-order valence-corrected chi connectivity index (χ3v) is 7.28. The Bertz CT molecular complexity index is 1210. The van der Waals surface area contributed by atoms with Crippen molar-refractivity contribution in [2.75, 3.05) is 13.2 Å². The number of hydrogen-bond donors (Lipinski definition) is 1. The Labute approximate surface area is 241 Å². The van der Waals surface area contributed by atoms with Crippen LogP contribution in [0.15, 0.2) is 71.2 Å². The van der Waals surface area contributed by atoms with E-state index in [1.54, 1.807) is 36.4 Å². The van der Waals surface area contributed by atoms with E-state index in [9.17, 15) is 9.59 Å². The van der Waals surface area contributed by atoms with E-state index in [-0.39, 0.29) is 25.0 Å². The Morgan fingerprint density at radius 3 is 2.41 bits per heavy atom. The quantitative estimate of drug-likeness (QED) is 0.214. The van der Waals surface area contributed by atoms with Crippen LogP contribution < -0.4 is 10.1 Å². The maximum atomic E-state index is 13.6. The van der Waals surface area contributed by atoms with Crippen LogP contribution in [-0.4, -0.2) is 35.9 Å². The number of halogens is 4. The molecular formula is C28H28BrCl3N2O3. The van der Waals surface area contributed by atoms with Gasteiger partial charge < -0.3 is 15.0 Å². The first-order valence-corrected chi connectivity index (χ1v) is 13.8. The van der Waals surface area contributed by atoms with Crippen LogP contribution in [0.1, 0.15) is 30.9 Å². The molecule has 3 rings (SSSR count). The molecule has 3 aromatic rings. The smallest absolute Gasteiger partial charge is 0.261 e. The Kier molecular flexibility index (Phi) is 11.6. The average molecular weight is 627 g/mol. The van der Waals surface area contributed by atoms with E-state index in [1.807, 2.05) is 30.3 Å². The molecule has 1 atom stereocenters. The minimum atomic E-state index is -0.765. The van der Waals surface area contributed by atoms with Crippen molar-refractivity contribution in [3.8, 4) is 5.75 Å². The molecule has 0 saturated heterocycles. The second-order valence-corrected chi connectivity index (χ2v) is 10.6. The molecule has 0 aliphatic carbocycles. The third-order valence-electron chi connectivity index (χ3n) is 5.68. The largest absolute Gasteiger partial charge is 0.483 e. The van der Waals surface area contributed by atoms with E-state index in [0.717, 1.165) is 24.0 Å². The topological polar surface area (TPSA) is 58.6 Å². The van der Waals surface area contributed by atoms with Crippen molar-refractivity contribution in [2.24, 2.45) is 0 Å². The van der Waals surface area contributed by atoms with Gasteiger partial charge in [-0.2, -0.15) is 0 Å². The van der Waals surface area contributed by atoms with Crippen LogP contribution in [0.4, 0.5) is 0 Å². The summed E-state index contributed by atoms with van der Waals surface area (Å²) in [5.41, 5.74) is 1.68. The second kappa shape index (κ2) is 14.6. The lowest BCUT2D eigenvalue weighted by Gasteiger charge is -2.31. The molecule has 0 spiro atoms. The van der Waals surface area contributed by atoms with Crippen LogP contribution in [0.3, 0.4) is 0 Å². The molecule has 0 radical (unpaired) electrons. The number of amides is 2. The first-order valence-electron chi connectivity index (χ1n) is 11.9. The van der Waals surface area contributed by atoms with Gasteiger partial charge in [-0.15, -0.1) is 0 Å². The fourth-order valence-corrected chi connectivity index (χ4v) is 4.83. The van der Waals surface area contributed by atoms with E-state index >= 15 is 0 Å². The number of carbonyl (C=O) groups excluding carboxylic acids is 2. The molecule has 0 aliphatic heterocycles. The van der Waals surface area contributed by atoms with Gasteiger partial charge in [-0.1, -0.05) is 84.5 Å². The van der Waals surface area contributed by atoms with Gasteiger partial charge in [0.25, 0.3) is 5.91 Å². The highest BCUT2D eigenvalue weighted by atomic mass is 79.9. The summed E-state index contributed by atoms with van der Waals surface area (Å²) in [5, 5.41) is 4.32. The van der Waals surface area contributed by atoms with Gasteiger partial charge in [-0.25, -0.2) is 0 Å². The Hall–Kier alpha value is -2.25. The summed E-state index contributed by atoms with van der Waals surface area (Å²) in [6.45, 7) is 2.47. The van der Waals surface area contributed by atoms with Crippen molar-refractivity contribution in [3.05, 3.63) is 97.4 Å². The zero-order chi connectivity index (χ0) is 26.8. The summed E-state index contributed by atoms with van der Waals surface area (Å²) in [6.07, 6.45) is 2.13. The predicted octanol–water partition coefficient (Wildman–Crippen LogP) is 7.34. The fraction of sp³-hybridized carbons (Fsp3) is 0.286. The Balaban J connectivity index is 1.92. The number of ether oxygens (including phenoxy) is 1. The van der Waals surface area contributed by atoms with Crippen LogP contribution in [0.25, 0.3) is 0 Å². The van der Waals surface area contributed by atoms with Gasteiger partial charge in [0.15, 0.2) is 6.61 Å². The molecule has 1 N–H and O–H groups in total. The molecule has 9 heteroatoms. The van der Waals surface area contributed by atoms with Gasteiger partial charge in [0, 0.05) is 24.5 Å². The van der Waals surface area contributed by atoms with Gasteiger partial charge in [0.05, 0.1) is 14.5 Å². The summed E-state index contributed by atoms with van der Waals surface area (Å²) in [6, 6.07) is 19.1. The molecule has 0 aliphatic rings. The van der Waals surface area contributed by atoms with Crippen molar-refractivity contribution in [1.29, 1.82) is 0 Å². The molecule has 196 valence electrons. The van der Waals surface area contributed by atoms with Gasteiger partial charge in [0.1, 0.15) is 11.8 Å². The molecule has 5 nitrogen and oxygen atoms in total. The molecule has 0 heterocycles. The van der Waals surface area contributed by atoms with Crippen molar-refractivity contribution in [1.82, 2.24) is 10.2 Å². The van der Waals surface area contributed by atoms with Crippen LogP contribution in [0.2, 0.25) is 15.1 Å². The van der Waals surface area contributed by atoms with Crippen LogP contribution >= 0.6 is 50.7 Å². The third kappa shape index (κ3) is 8.92. The van der Waals surface area contributed by atoms with Crippen LogP contribution in [-0.2, 0) is 22.6 Å². The van der Waals surface area contributed by atoms with Crippen LogP contribution in [0, 0.1) is 0 Å². The standard InChI is InChI=1S/C28H28BrCl3N2O3/c1-2-3-13-33-28(36)25(15-19-7-5-4-6-8-19)34(17-20-9-11-23(31)24(32)14-20)27(35)18-37-26-12-10-21(30)16-22(26)29/h4-12,14,16,25H,2-3,13,15,17-18H2,1H3,(H,33,36). The summed E-state index contributed by atoms with van der Waals surface area (Å²) in [7, 11) is 0. The minimum Gasteiger partial charge on any atom is -0.483 e. The molecular weight excluding hydrogens is 599 g/mol. The van der Waals surface area contributed by atoms with Crippen molar-refractivity contribution >= 4 is 62.5 Å². The normalized spacial score (nSPS) is 11.6. The summed E-state index contributed by atoms with van der Waals surface area (Å²) in [5.74, 6) is -0.0999. The number of nitrogens with zero attached hydrogens (tertiary/aromatic N) is 1. The first-order chi connectivity index (χ1) is 17.8. The molecule has 0 aromatic heterocycles. The lowest BCUT2D eigenvalue weighted by atomic mass is 10.0. The highest BCUT2D eigenvalue weighted by molar-refractivity contribution is 9.10. The highest BCUT2D eigenvalue weighted by Crippen LogP contribution is 2.28. The predicted molar refractivity (Wildman–Crippen MR) is 154 cm³/mol. The van der Waals surface area contributed by atoms with Gasteiger partial charge >= 0.3 is 0 Å². The van der Waals surface area contributed by atoms with E-state index in [4.69, 9.17) is 39.5 Å². The molecule has 0 saturated carbocycles. The number of benzene rings is 3. The van der Waals surface area contributed by atoms with Gasteiger partial charge in [-0.3, -0.25) is 9.59 Å². The highest BCUT2D eigenvalue weighted by Gasteiger charge is 2.30. The second-order valence-electron chi connectivity index (χ2n) is 8.48. The van der Waals surface area contributed by atoms with E-state index < -0.39 is 6.04 Å². The summed E-state index contributed by atoms with van der Waals surface area (Å²) in [4.78, 5) is 28.6. The lowest BCUT2D eigenvalue weighted by molar-refractivity contribution is -0.142. The maximum absolute atomic E-state index is 13.6. The Morgan fingerprint density at radius 1 is 0.973 bits per heavy atom. The summed E-state index contributed by atoms with van der Waals surface area (Å²) < 4.78 is 6.44. The van der Waals surface area contributed by atoms with E-state index in [2.05, 4.69) is 28.2 Å². The first kappa shape index (κ1) is 29.3. The zero-order valence-corrected chi connectivity index (χ0v) is 24.2. The minimum absolute atomic E-state index is 0.152. The number of nitrogens with one attached hydrogen (secondary N) is 1. The number of unbranched alkanes of at least 4 members (excludes halogenated alkanes) is 1. The lowest BCUT2D eigenvalue weighted by Crippen LogP contribution is -2.51. The average Bonchev–Trinajstić information content (AvgIpc) is 2.88. The number of rotatable bonds is 12. The van der Waals surface area contributed by atoms with Crippen molar-refractivity contribution in [3.63, 3.8) is 0 Å². The molecule has 1 unspecified atom stereocenters. The van der Waals surface area contributed by atoms with Crippen molar-refractivity contribution < 1.29 is 14.3 Å². The molecule has 0 bridgehead atoms. The molecule has 37 heavy (non-hydrogen) atoms. The van der Waals surface area contributed by atoms with Crippen molar-refractivity contribution in [2.45, 2.75) is 38.8 Å². The molecule has 3 aromatic carbocycles. The summed E-state index contributed by atoms with van der Waals surface area (Å²) >= 11 is 21.8. The molecule has 0 fully saturated rings. The monoisotopic (exact) mass is 624 g/mol. The van der Waals surface area contributed by atoms with Gasteiger partial charge in [-0.05, 0) is 63.8 Å². The maximum Gasteiger partial charge on any atom is 0.261 e. The van der Waals surface area contributed by atoms with E-state index in [0.29, 0.717) is 38.3 Å². The van der Waals surface area contributed by atoms with Crippen LogP contribution in [0.5, 0.6) is 5.75 Å². The number of hydrogen-bond acceptors (Lipinski definition) is 3. The molecule has 2 amide bonds. The Morgan fingerprint density at radius 2 is 1.73 bits per heavy atom. The number of carbonyl (C=O) groups is 2. The van der Waals surface area contributed by atoms with E-state index in [1.165, 1.54) is 4.90 Å². The fourth-order valence-electron chi connectivity index (χ4n) is 3.71.